The number of urea groups is 1. The molecule has 9 heteroatoms. The first-order chi connectivity index (χ1) is 16.3. The van der Waals surface area contributed by atoms with E-state index in [0.717, 1.165) is 16.0 Å². The van der Waals surface area contributed by atoms with Crippen molar-refractivity contribution in [2.24, 2.45) is 0 Å². The summed E-state index contributed by atoms with van der Waals surface area (Å²) in [5.74, 6) is -1.03. The Morgan fingerprint density at radius 2 is 1.71 bits per heavy atom. The van der Waals surface area contributed by atoms with Gasteiger partial charge in [-0.3, -0.25) is 25.0 Å². The molecule has 1 heterocycles. The summed E-state index contributed by atoms with van der Waals surface area (Å²) >= 11 is 0. The van der Waals surface area contributed by atoms with Crippen molar-refractivity contribution in [3.63, 3.8) is 0 Å². The molecule has 3 aromatic carbocycles. The number of anilines is 1. The molecule has 0 unspecified atom stereocenters. The average molecular weight is 457 g/mol. The van der Waals surface area contributed by atoms with Crippen LogP contribution in [0.15, 0.2) is 78.4 Å². The lowest BCUT2D eigenvalue weighted by atomic mass is 10.1. The van der Waals surface area contributed by atoms with Crippen LogP contribution in [0, 0.1) is 17.0 Å². The van der Waals surface area contributed by atoms with E-state index in [2.05, 4.69) is 5.32 Å². The number of carbonyl (C=O) groups excluding carboxylic acids is 3. The number of aryl methyl sites for hydroxylation is 1. The highest BCUT2D eigenvalue weighted by Crippen LogP contribution is 2.24. The number of hydrogen-bond donors (Lipinski definition) is 1. The molecule has 170 valence electrons. The van der Waals surface area contributed by atoms with Gasteiger partial charge in [0.2, 0.25) is 0 Å². The van der Waals surface area contributed by atoms with E-state index in [1.54, 1.807) is 60.7 Å². The summed E-state index contributed by atoms with van der Waals surface area (Å²) in [5.41, 5.74) is 2.39. The van der Waals surface area contributed by atoms with Gasteiger partial charge in [-0.2, -0.15) is 0 Å². The normalized spacial score (nSPS) is 14.8. The number of carbonyl (C=O) groups is 3. The monoisotopic (exact) mass is 457 g/mol. The second-order valence-corrected chi connectivity index (χ2v) is 7.58. The number of ether oxygens (including phenoxy) is 1. The van der Waals surface area contributed by atoms with Gasteiger partial charge in [-0.1, -0.05) is 29.8 Å². The van der Waals surface area contributed by atoms with E-state index >= 15 is 0 Å². The van der Waals surface area contributed by atoms with Gasteiger partial charge in [-0.25, -0.2) is 9.69 Å². The molecule has 4 amide bonds. The molecule has 0 spiro atoms. The Labute approximate surface area is 194 Å². The molecule has 3 aromatic rings. The first-order valence-electron chi connectivity index (χ1n) is 10.3. The number of nitrogens with one attached hydrogen (secondary N) is 1. The largest absolute Gasteiger partial charge is 0.489 e. The molecule has 0 atom stereocenters. The van der Waals surface area contributed by atoms with Crippen LogP contribution < -0.4 is 15.0 Å². The van der Waals surface area contributed by atoms with Crippen molar-refractivity contribution in [2.75, 3.05) is 4.90 Å². The smallest absolute Gasteiger partial charge is 0.335 e. The van der Waals surface area contributed by atoms with Crippen LogP contribution in [0.5, 0.6) is 5.75 Å². The van der Waals surface area contributed by atoms with E-state index in [0.29, 0.717) is 17.0 Å². The van der Waals surface area contributed by atoms with Crippen molar-refractivity contribution < 1.29 is 24.0 Å². The SMILES string of the molecule is Cc1ccc(N2C(=O)NC(=O)/C(=C/c3cccc(OCc4ccc([N+](=O)[O-])cc4)c3)C2=O)cc1. The minimum atomic E-state index is -0.809. The molecule has 34 heavy (non-hydrogen) atoms. The lowest BCUT2D eigenvalue weighted by molar-refractivity contribution is -0.384. The van der Waals surface area contributed by atoms with E-state index in [-0.39, 0.29) is 17.9 Å². The van der Waals surface area contributed by atoms with Crippen molar-refractivity contribution in [3.8, 4) is 5.75 Å². The van der Waals surface area contributed by atoms with Crippen LogP contribution in [0.4, 0.5) is 16.2 Å². The highest BCUT2D eigenvalue weighted by Gasteiger charge is 2.36. The number of barbiturate groups is 1. The summed E-state index contributed by atoms with van der Waals surface area (Å²) in [4.78, 5) is 48.9. The zero-order valence-electron chi connectivity index (χ0n) is 18.1. The number of hydrogen-bond acceptors (Lipinski definition) is 6. The summed E-state index contributed by atoms with van der Waals surface area (Å²) in [6.45, 7) is 2.06. The maximum Gasteiger partial charge on any atom is 0.335 e. The first kappa shape index (κ1) is 22.4. The molecule has 4 rings (SSSR count). The van der Waals surface area contributed by atoms with E-state index < -0.39 is 22.8 Å². The molecule has 1 aliphatic heterocycles. The average Bonchev–Trinajstić information content (AvgIpc) is 2.82. The van der Waals surface area contributed by atoms with Gasteiger partial charge in [0.1, 0.15) is 17.9 Å². The second kappa shape index (κ2) is 9.37. The zero-order chi connectivity index (χ0) is 24.2. The number of nitro benzene ring substituents is 1. The number of rotatable bonds is 6. The van der Waals surface area contributed by atoms with Gasteiger partial charge in [0.25, 0.3) is 17.5 Å². The Balaban J connectivity index is 1.53. The minimum absolute atomic E-state index is 0.00837. The van der Waals surface area contributed by atoms with Crippen molar-refractivity contribution in [3.05, 3.63) is 105 Å². The standard InChI is InChI=1S/C25H19N3O6/c1-16-5-9-19(10-6-16)27-24(30)22(23(29)26-25(27)31)14-18-3-2-4-21(13-18)34-15-17-7-11-20(12-8-17)28(32)33/h2-14H,15H2,1H3,(H,26,29,31)/b22-14-. The van der Waals surface area contributed by atoms with Crippen LogP contribution in [0.3, 0.4) is 0 Å². The Morgan fingerprint density at radius 3 is 2.38 bits per heavy atom. The molecule has 0 aliphatic carbocycles. The van der Waals surface area contributed by atoms with Crippen molar-refractivity contribution >= 4 is 35.3 Å². The number of nitro groups is 1. The van der Waals surface area contributed by atoms with Crippen molar-refractivity contribution in [2.45, 2.75) is 13.5 Å². The number of amides is 4. The summed E-state index contributed by atoms with van der Waals surface area (Å²) < 4.78 is 5.75. The van der Waals surface area contributed by atoms with Crippen molar-refractivity contribution in [1.82, 2.24) is 5.32 Å². The van der Waals surface area contributed by atoms with Crippen LogP contribution in [-0.2, 0) is 16.2 Å². The highest BCUT2D eigenvalue weighted by molar-refractivity contribution is 6.39. The molecule has 1 N–H and O–H groups in total. The number of benzene rings is 3. The first-order valence-corrected chi connectivity index (χ1v) is 10.3. The number of non-ortho nitro benzene ring substituents is 1. The topological polar surface area (TPSA) is 119 Å². The summed E-state index contributed by atoms with van der Waals surface area (Å²) in [5, 5.41) is 13.0. The lowest BCUT2D eigenvalue weighted by Crippen LogP contribution is -2.54. The summed E-state index contributed by atoms with van der Waals surface area (Å²) in [7, 11) is 0. The number of nitrogens with zero attached hydrogens (tertiary/aromatic N) is 2. The third kappa shape index (κ3) is 4.83. The molecule has 1 fully saturated rings. The maximum atomic E-state index is 13.0. The fourth-order valence-electron chi connectivity index (χ4n) is 3.33. The Morgan fingerprint density at radius 1 is 1.00 bits per heavy atom. The van der Waals surface area contributed by atoms with Gasteiger partial charge in [0.15, 0.2) is 0 Å². The van der Waals surface area contributed by atoms with Gasteiger partial charge in [0, 0.05) is 12.1 Å². The van der Waals surface area contributed by atoms with Crippen LogP contribution in [0.2, 0.25) is 0 Å². The van der Waals surface area contributed by atoms with Crippen LogP contribution in [-0.4, -0.2) is 22.8 Å². The Kier molecular flexibility index (Phi) is 6.18. The fourth-order valence-corrected chi connectivity index (χ4v) is 3.33. The summed E-state index contributed by atoms with van der Waals surface area (Å²) in [6, 6.07) is 18.7. The predicted molar refractivity (Wildman–Crippen MR) is 124 cm³/mol. The predicted octanol–water partition coefficient (Wildman–Crippen LogP) is 4.15. The second-order valence-electron chi connectivity index (χ2n) is 7.58. The van der Waals surface area contributed by atoms with Crippen LogP contribution >= 0.6 is 0 Å². The Bertz CT molecular complexity index is 1310. The fraction of sp³-hybridized carbons (Fsp3) is 0.0800. The molecular weight excluding hydrogens is 438 g/mol. The molecule has 1 saturated heterocycles. The van der Waals surface area contributed by atoms with Gasteiger partial charge in [0.05, 0.1) is 10.6 Å². The van der Waals surface area contributed by atoms with Gasteiger partial charge >= 0.3 is 6.03 Å². The highest BCUT2D eigenvalue weighted by atomic mass is 16.6. The van der Waals surface area contributed by atoms with Gasteiger partial charge in [-0.15, -0.1) is 0 Å². The van der Waals surface area contributed by atoms with Crippen molar-refractivity contribution in [1.29, 1.82) is 0 Å². The lowest BCUT2D eigenvalue weighted by Gasteiger charge is -2.26. The van der Waals surface area contributed by atoms with Gasteiger partial charge in [-0.05, 0) is 60.5 Å². The zero-order valence-corrected chi connectivity index (χ0v) is 18.1. The molecule has 0 radical (unpaired) electrons. The molecule has 1 aliphatic rings. The quantitative estimate of drug-likeness (QED) is 0.257. The third-order valence-corrected chi connectivity index (χ3v) is 5.12. The molecule has 9 nitrogen and oxygen atoms in total. The van der Waals surface area contributed by atoms with Crippen LogP contribution in [0.25, 0.3) is 6.08 Å². The van der Waals surface area contributed by atoms with Gasteiger partial charge < -0.3 is 4.74 Å². The Hall–Kier alpha value is -4.79. The molecular formula is C25H19N3O6. The van der Waals surface area contributed by atoms with E-state index in [1.807, 2.05) is 6.92 Å². The minimum Gasteiger partial charge on any atom is -0.489 e. The number of imide groups is 2. The maximum absolute atomic E-state index is 13.0. The third-order valence-electron chi connectivity index (χ3n) is 5.12. The molecule has 0 bridgehead atoms. The van der Waals surface area contributed by atoms with E-state index in [9.17, 15) is 24.5 Å². The van der Waals surface area contributed by atoms with Crippen LogP contribution in [0.1, 0.15) is 16.7 Å². The molecule has 0 aromatic heterocycles. The summed E-state index contributed by atoms with van der Waals surface area (Å²) in [6.07, 6.45) is 1.39. The molecule has 0 saturated carbocycles. The van der Waals surface area contributed by atoms with E-state index in [4.69, 9.17) is 4.74 Å². The van der Waals surface area contributed by atoms with E-state index in [1.165, 1.54) is 18.2 Å².